The largest absolute Gasteiger partial charge is 0.494 e. The van der Waals surface area contributed by atoms with E-state index < -0.39 is 5.76 Å². The SMILES string of the molecule is O=c1[nH]c(Cc2ccc(OCCCCCn3ccc4ccccc43)cc2)no1. The first-order valence-electron chi connectivity index (χ1n) is 9.58. The average molecular weight is 377 g/mol. The van der Waals surface area contributed by atoms with Crippen molar-refractivity contribution in [1.82, 2.24) is 14.7 Å². The number of aromatic amines is 1. The summed E-state index contributed by atoms with van der Waals surface area (Å²) < 4.78 is 12.6. The van der Waals surface area contributed by atoms with Gasteiger partial charge < -0.3 is 9.30 Å². The monoisotopic (exact) mass is 377 g/mol. The Morgan fingerprint density at radius 3 is 2.68 bits per heavy atom. The maximum absolute atomic E-state index is 10.9. The molecule has 4 aromatic rings. The van der Waals surface area contributed by atoms with Crippen LogP contribution in [0.2, 0.25) is 0 Å². The summed E-state index contributed by atoms with van der Waals surface area (Å²) in [5.41, 5.74) is 2.34. The zero-order chi connectivity index (χ0) is 19.2. The predicted octanol–water partition coefficient (Wildman–Crippen LogP) is 4.16. The molecule has 0 aliphatic carbocycles. The van der Waals surface area contributed by atoms with Gasteiger partial charge >= 0.3 is 5.76 Å². The molecule has 6 nitrogen and oxygen atoms in total. The van der Waals surface area contributed by atoms with Gasteiger partial charge in [-0.2, -0.15) is 0 Å². The van der Waals surface area contributed by atoms with Crippen LogP contribution in [0.4, 0.5) is 0 Å². The molecule has 0 atom stereocenters. The molecule has 0 saturated carbocycles. The van der Waals surface area contributed by atoms with Gasteiger partial charge in [-0.05, 0) is 54.5 Å². The molecular weight excluding hydrogens is 354 g/mol. The molecule has 0 amide bonds. The van der Waals surface area contributed by atoms with E-state index in [1.54, 1.807) is 0 Å². The van der Waals surface area contributed by atoms with Crippen molar-refractivity contribution in [3.63, 3.8) is 0 Å². The number of aromatic nitrogens is 3. The molecule has 28 heavy (non-hydrogen) atoms. The van der Waals surface area contributed by atoms with Gasteiger partial charge in [0.05, 0.1) is 6.61 Å². The summed E-state index contributed by atoms with van der Waals surface area (Å²) in [6, 6.07) is 18.5. The van der Waals surface area contributed by atoms with Gasteiger partial charge in [0.1, 0.15) is 5.75 Å². The molecule has 0 fully saturated rings. The minimum absolute atomic E-state index is 0.522. The van der Waals surface area contributed by atoms with Crippen molar-refractivity contribution in [3.8, 4) is 5.75 Å². The zero-order valence-electron chi connectivity index (χ0n) is 15.6. The Labute approximate surface area is 162 Å². The van der Waals surface area contributed by atoms with Gasteiger partial charge in [0, 0.05) is 24.7 Å². The number of aryl methyl sites for hydroxylation is 1. The van der Waals surface area contributed by atoms with Crippen LogP contribution in [0.15, 0.2) is 70.1 Å². The molecule has 0 bridgehead atoms. The van der Waals surface area contributed by atoms with Crippen molar-refractivity contribution in [2.45, 2.75) is 32.2 Å². The van der Waals surface area contributed by atoms with Crippen LogP contribution in [0.3, 0.4) is 0 Å². The second-order valence-corrected chi connectivity index (χ2v) is 6.84. The number of unbranched alkanes of at least 4 members (excludes halogenated alkanes) is 2. The highest BCUT2D eigenvalue weighted by Crippen LogP contribution is 2.17. The molecule has 0 radical (unpaired) electrons. The summed E-state index contributed by atoms with van der Waals surface area (Å²) in [4.78, 5) is 13.5. The molecule has 0 aliphatic heterocycles. The highest BCUT2D eigenvalue weighted by Gasteiger charge is 2.03. The number of nitrogens with one attached hydrogen (secondary N) is 1. The van der Waals surface area contributed by atoms with Crippen molar-refractivity contribution < 1.29 is 9.26 Å². The van der Waals surface area contributed by atoms with Crippen molar-refractivity contribution in [2.24, 2.45) is 0 Å². The summed E-state index contributed by atoms with van der Waals surface area (Å²) in [5.74, 6) is 0.850. The molecule has 2 aromatic heterocycles. The molecule has 2 heterocycles. The quantitative estimate of drug-likeness (QED) is 0.445. The smallest absolute Gasteiger partial charge is 0.438 e. The normalized spacial score (nSPS) is 11.1. The van der Waals surface area contributed by atoms with E-state index in [0.29, 0.717) is 18.9 Å². The third kappa shape index (κ3) is 4.52. The second kappa shape index (κ2) is 8.61. The number of hydrogen-bond acceptors (Lipinski definition) is 4. The van der Waals surface area contributed by atoms with Gasteiger partial charge in [-0.25, -0.2) is 4.79 Å². The van der Waals surface area contributed by atoms with E-state index >= 15 is 0 Å². The third-order valence-electron chi connectivity index (χ3n) is 4.77. The van der Waals surface area contributed by atoms with E-state index in [4.69, 9.17) is 4.74 Å². The average Bonchev–Trinajstić information content (AvgIpc) is 3.32. The standard InChI is InChI=1S/C22H23N3O3/c26-22-23-21(24-28-22)16-17-8-10-19(11-9-17)27-15-5-1-4-13-25-14-12-18-6-2-3-7-20(18)25/h2-3,6-12,14H,1,4-5,13,15-16H2,(H,23,24,26). The van der Waals surface area contributed by atoms with Crippen LogP contribution in [0.5, 0.6) is 5.75 Å². The first-order chi connectivity index (χ1) is 13.8. The lowest BCUT2D eigenvalue weighted by molar-refractivity contribution is 0.304. The minimum atomic E-state index is -0.528. The van der Waals surface area contributed by atoms with E-state index in [0.717, 1.165) is 37.1 Å². The number of hydrogen-bond donors (Lipinski definition) is 1. The minimum Gasteiger partial charge on any atom is -0.494 e. The molecular formula is C22H23N3O3. The van der Waals surface area contributed by atoms with Crippen molar-refractivity contribution in [3.05, 3.63) is 82.7 Å². The summed E-state index contributed by atoms with van der Waals surface area (Å²) in [5, 5.41) is 4.97. The van der Waals surface area contributed by atoms with Crippen molar-refractivity contribution in [2.75, 3.05) is 6.61 Å². The molecule has 144 valence electrons. The Kier molecular flexibility index (Phi) is 5.56. The van der Waals surface area contributed by atoms with Crippen LogP contribution < -0.4 is 10.5 Å². The molecule has 6 heteroatoms. The van der Waals surface area contributed by atoms with Crippen LogP contribution in [-0.2, 0) is 13.0 Å². The number of para-hydroxylation sites is 1. The van der Waals surface area contributed by atoms with Gasteiger partial charge in [0.15, 0.2) is 5.82 Å². The van der Waals surface area contributed by atoms with Gasteiger partial charge in [-0.3, -0.25) is 9.51 Å². The lowest BCUT2D eigenvalue weighted by atomic mass is 10.1. The van der Waals surface area contributed by atoms with E-state index in [1.807, 2.05) is 24.3 Å². The molecule has 2 aromatic carbocycles. The lowest BCUT2D eigenvalue weighted by Crippen LogP contribution is -2.00. The molecule has 0 spiro atoms. The highest BCUT2D eigenvalue weighted by molar-refractivity contribution is 5.79. The highest BCUT2D eigenvalue weighted by atomic mass is 16.5. The Morgan fingerprint density at radius 1 is 1.00 bits per heavy atom. The maximum atomic E-state index is 10.9. The molecule has 0 saturated heterocycles. The van der Waals surface area contributed by atoms with Gasteiger partial charge in [-0.15, -0.1) is 0 Å². The summed E-state index contributed by atoms with van der Waals surface area (Å²) in [6.07, 6.45) is 5.99. The summed E-state index contributed by atoms with van der Waals surface area (Å²) in [7, 11) is 0. The Bertz CT molecular complexity index is 1080. The fourth-order valence-corrected chi connectivity index (χ4v) is 3.32. The number of H-pyrrole nitrogens is 1. The second-order valence-electron chi connectivity index (χ2n) is 6.84. The van der Waals surface area contributed by atoms with Crippen molar-refractivity contribution >= 4 is 10.9 Å². The van der Waals surface area contributed by atoms with Gasteiger partial charge in [0.2, 0.25) is 0 Å². The number of nitrogens with zero attached hydrogens (tertiary/aromatic N) is 2. The van der Waals surface area contributed by atoms with E-state index in [2.05, 4.69) is 55.8 Å². The van der Waals surface area contributed by atoms with Crippen LogP contribution in [-0.4, -0.2) is 21.3 Å². The van der Waals surface area contributed by atoms with E-state index in [1.165, 1.54) is 10.9 Å². The Hall–Kier alpha value is -3.28. The number of rotatable bonds is 9. The van der Waals surface area contributed by atoms with Crippen LogP contribution in [0.25, 0.3) is 10.9 Å². The first kappa shape index (κ1) is 18.1. The van der Waals surface area contributed by atoms with E-state index in [9.17, 15) is 4.79 Å². The Morgan fingerprint density at radius 2 is 1.86 bits per heavy atom. The molecule has 1 N–H and O–H groups in total. The topological polar surface area (TPSA) is 73.1 Å². The zero-order valence-corrected chi connectivity index (χ0v) is 15.6. The van der Waals surface area contributed by atoms with Crippen molar-refractivity contribution in [1.29, 1.82) is 0 Å². The number of benzene rings is 2. The fraction of sp³-hybridized carbons (Fsp3) is 0.273. The van der Waals surface area contributed by atoms with Gasteiger partial charge in [0.25, 0.3) is 0 Å². The molecule has 0 aliphatic rings. The van der Waals surface area contributed by atoms with Crippen LogP contribution in [0, 0.1) is 0 Å². The predicted molar refractivity (Wildman–Crippen MR) is 108 cm³/mol. The van der Waals surface area contributed by atoms with Gasteiger partial charge in [-0.1, -0.05) is 35.5 Å². The first-order valence-corrected chi connectivity index (χ1v) is 9.58. The van der Waals surface area contributed by atoms with E-state index in [-0.39, 0.29) is 0 Å². The van der Waals surface area contributed by atoms with Crippen LogP contribution in [0.1, 0.15) is 30.7 Å². The summed E-state index contributed by atoms with van der Waals surface area (Å²) >= 11 is 0. The van der Waals surface area contributed by atoms with Crippen LogP contribution >= 0.6 is 0 Å². The fourth-order valence-electron chi connectivity index (χ4n) is 3.32. The summed E-state index contributed by atoms with van der Waals surface area (Å²) in [6.45, 7) is 1.74. The molecule has 0 unspecified atom stereocenters. The Balaban J connectivity index is 1.16. The molecule has 4 rings (SSSR count). The maximum Gasteiger partial charge on any atom is 0.438 e. The lowest BCUT2D eigenvalue weighted by Gasteiger charge is -2.08. The number of ether oxygens (including phenoxy) is 1. The number of fused-ring (bicyclic) bond motifs is 1. The third-order valence-corrected chi connectivity index (χ3v) is 4.77.